The molecule has 6 heteroatoms. The molecule has 0 saturated heterocycles. The third-order valence-corrected chi connectivity index (χ3v) is 3.18. The molecule has 0 amide bonds. The molecule has 0 bridgehead atoms. The summed E-state index contributed by atoms with van der Waals surface area (Å²) in [6.45, 7) is 4.34. The van der Waals surface area contributed by atoms with Crippen LogP contribution in [-0.4, -0.2) is 49.7 Å². The Kier molecular flexibility index (Phi) is 30.9. The Hall–Kier alpha value is -1.14. The summed E-state index contributed by atoms with van der Waals surface area (Å²) in [6, 6.07) is 0. The van der Waals surface area contributed by atoms with Gasteiger partial charge >= 0.3 is 0 Å². The highest BCUT2D eigenvalue weighted by atomic mass is 16.4. The van der Waals surface area contributed by atoms with Crippen LogP contribution in [0.25, 0.3) is 0 Å². The quantitative estimate of drug-likeness (QED) is 0.337. The number of nitrogens with zero attached hydrogens (tertiary/aromatic N) is 1. The fourth-order valence-corrected chi connectivity index (χ4v) is 2.07. The molecule has 148 valence electrons. The highest BCUT2D eigenvalue weighted by Crippen LogP contribution is 2.10. The monoisotopic (exact) mass is 350 g/mol. The highest BCUT2D eigenvalue weighted by molar-refractivity contribution is 5.60. The first-order valence-corrected chi connectivity index (χ1v) is 8.77. The minimum atomic E-state index is -1.08. The zero-order valence-corrected chi connectivity index (χ0v) is 16.7. The van der Waals surface area contributed by atoms with Crippen LogP contribution in [0.2, 0.25) is 0 Å². The smallest absolute Gasteiger partial charge is 0.290 e. The van der Waals surface area contributed by atoms with Gasteiger partial charge in [-0.2, -0.15) is 0 Å². The van der Waals surface area contributed by atoms with E-state index in [1.165, 1.54) is 70.8 Å². The van der Waals surface area contributed by atoms with Gasteiger partial charge in [0.1, 0.15) is 0 Å². The molecule has 0 aromatic heterocycles. The van der Waals surface area contributed by atoms with E-state index in [-0.39, 0.29) is 12.6 Å². The van der Waals surface area contributed by atoms with Crippen LogP contribution in [0.3, 0.4) is 0 Å². The lowest BCUT2D eigenvalue weighted by molar-refractivity contribution is -0.870. The Labute approximate surface area is 149 Å². The minimum Gasteiger partial charge on any atom is -0.550 e. The van der Waals surface area contributed by atoms with Gasteiger partial charge in [0, 0.05) is 5.97 Å². The first kappa shape index (κ1) is 30.7. The molecule has 0 atom stereocenters. The highest BCUT2D eigenvalue weighted by Gasteiger charge is 2.04. The lowest BCUT2D eigenvalue weighted by Crippen LogP contribution is -2.35. The molecule has 0 heterocycles. The maximum absolute atomic E-state index is 8.89. The van der Waals surface area contributed by atoms with E-state index in [9.17, 15) is 0 Å². The van der Waals surface area contributed by atoms with Gasteiger partial charge in [0.15, 0.2) is 0 Å². The summed E-state index contributed by atoms with van der Waals surface area (Å²) in [7, 11) is 6.86. The Morgan fingerprint density at radius 3 is 1.42 bits per heavy atom. The van der Waals surface area contributed by atoms with E-state index >= 15 is 0 Å². The van der Waals surface area contributed by atoms with Gasteiger partial charge in [-0.15, -0.1) is 0 Å². The second kappa shape index (κ2) is 24.1. The van der Waals surface area contributed by atoms with Gasteiger partial charge in [-0.3, -0.25) is 4.79 Å². The van der Waals surface area contributed by atoms with Crippen LogP contribution in [0.5, 0.6) is 0 Å². The maximum atomic E-state index is 8.89. The largest absolute Gasteiger partial charge is 0.550 e. The Morgan fingerprint density at radius 2 is 1.17 bits per heavy atom. The summed E-state index contributed by atoms with van der Waals surface area (Å²) in [5.41, 5.74) is 0. The molecule has 0 rings (SSSR count). The fraction of sp³-hybridized carbons (Fsp3) is 0.889. The van der Waals surface area contributed by atoms with Crippen LogP contribution in [0.1, 0.15) is 78.1 Å². The molecule has 0 aliphatic heterocycles. The molecule has 0 unspecified atom stereocenters. The number of rotatable bonds is 11. The van der Waals surface area contributed by atoms with Crippen LogP contribution < -0.4 is 11.3 Å². The van der Waals surface area contributed by atoms with E-state index in [4.69, 9.17) is 19.8 Å². The van der Waals surface area contributed by atoms with Crippen molar-refractivity contribution in [3.8, 4) is 0 Å². The van der Waals surface area contributed by atoms with E-state index in [0.717, 1.165) is 11.4 Å². The number of carboxylic acid groups (broad SMARTS) is 2. The third kappa shape index (κ3) is 58.5. The Bertz CT molecular complexity index is 250. The van der Waals surface area contributed by atoms with Crippen molar-refractivity contribution >= 4 is 12.4 Å². The number of quaternary nitrogens is 1. The topological polar surface area (TPSA) is 112 Å². The summed E-state index contributed by atoms with van der Waals surface area (Å²) >= 11 is 0. The molecule has 0 aliphatic rings. The lowest BCUT2D eigenvalue weighted by Gasteiger charge is -2.23. The van der Waals surface area contributed by atoms with Gasteiger partial charge in [0.2, 0.25) is 0 Å². The van der Waals surface area contributed by atoms with E-state index in [1.807, 2.05) is 0 Å². The third-order valence-electron chi connectivity index (χ3n) is 3.18. The first-order chi connectivity index (χ1) is 10.7. The minimum absolute atomic E-state index is 0. The molecule has 0 radical (unpaired) electrons. The molecular weight excluding hydrogens is 308 g/mol. The first-order valence-electron chi connectivity index (χ1n) is 8.77. The zero-order chi connectivity index (χ0) is 18.6. The molecule has 24 heavy (non-hydrogen) atoms. The van der Waals surface area contributed by atoms with Crippen LogP contribution in [0.15, 0.2) is 0 Å². The molecule has 6 nitrogen and oxygen atoms in total. The SMILES string of the molecule is CC(=O)[O-].CCCCCCCCCCCC[N+](C)(C)C.N.O=CO. The normalized spacial score (nSPS) is 9.54. The van der Waals surface area contributed by atoms with Crippen molar-refractivity contribution in [2.24, 2.45) is 0 Å². The van der Waals surface area contributed by atoms with Crippen molar-refractivity contribution in [1.29, 1.82) is 0 Å². The summed E-state index contributed by atoms with van der Waals surface area (Å²) in [4.78, 5) is 17.2. The van der Waals surface area contributed by atoms with E-state index in [0.29, 0.717) is 0 Å². The van der Waals surface area contributed by atoms with Crippen LogP contribution in [-0.2, 0) is 9.59 Å². The van der Waals surface area contributed by atoms with E-state index in [1.54, 1.807) is 0 Å². The molecule has 0 aliphatic carbocycles. The molecule has 0 aromatic carbocycles. The predicted molar refractivity (Wildman–Crippen MR) is 99.1 cm³/mol. The van der Waals surface area contributed by atoms with Crippen molar-refractivity contribution in [1.82, 2.24) is 6.15 Å². The van der Waals surface area contributed by atoms with Crippen LogP contribution in [0.4, 0.5) is 0 Å². The fourth-order valence-electron chi connectivity index (χ4n) is 2.07. The van der Waals surface area contributed by atoms with Crippen LogP contribution in [0, 0.1) is 0 Å². The van der Waals surface area contributed by atoms with Gasteiger partial charge in [0.05, 0.1) is 27.7 Å². The van der Waals surface area contributed by atoms with Gasteiger partial charge in [-0.1, -0.05) is 58.3 Å². The number of aliphatic carboxylic acids is 1. The van der Waals surface area contributed by atoms with E-state index in [2.05, 4.69) is 28.1 Å². The molecule has 0 aromatic rings. The molecule has 0 fully saturated rings. The maximum Gasteiger partial charge on any atom is 0.290 e. The molecular formula is C18H42N2O4. The summed E-state index contributed by atoms with van der Waals surface area (Å²) in [6.07, 6.45) is 14.4. The number of carboxylic acids is 1. The average molecular weight is 351 g/mol. The number of carbonyl (C=O) groups excluding carboxylic acids is 1. The van der Waals surface area contributed by atoms with Crippen molar-refractivity contribution in [2.75, 3.05) is 27.7 Å². The second-order valence-corrected chi connectivity index (χ2v) is 6.79. The Morgan fingerprint density at radius 1 is 0.917 bits per heavy atom. The van der Waals surface area contributed by atoms with Crippen molar-refractivity contribution in [2.45, 2.75) is 78.1 Å². The van der Waals surface area contributed by atoms with E-state index < -0.39 is 5.97 Å². The Balaban J connectivity index is -0.000000212. The lowest BCUT2D eigenvalue weighted by atomic mass is 10.1. The number of unbranched alkanes of at least 4 members (excludes halogenated alkanes) is 9. The molecule has 0 saturated carbocycles. The number of hydrogen-bond donors (Lipinski definition) is 2. The van der Waals surface area contributed by atoms with Crippen molar-refractivity contribution in [3.05, 3.63) is 0 Å². The number of carbonyl (C=O) groups is 2. The summed E-state index contributed by atoms with van der Waals surface area (Å²) < 4.78 is 1.12. The van der Waals surface area contributed by atoms with Crippen molar-refractivity contribution in [3.63, 3.8) is 0 Å². The zero-order valence-electron chi connectivity index (χ0n) is 16.7. The number of hydrogen-bond acceptors (Lipinski definition) is 4. The van der Waals surface area contributed by atoms with Gasteiger partial charge in [-0.25, -0.2) is 0 Å². The van der Waals surface area contributed by atoms with Crippen LogP contribution >= 0.6 is 0 Å². The summed E-state index contributed by atoms with van der Waals surface area (Å²) in [5.74, 6) is -1.08. The molecule has 4 N–H and O–H groups in total. The van der Waals surface area contributed by atoms with Gasteiger partial charge in [0.25, 0.3) is 6.47 Å². The molecule has 0 spiro atoms. The average Bonchev–Trinajstić information content (AvgIpc) is 2.40. The predicted octanol–water partition coefficient (Wildman–Crippen LogP) is 3.23. The second-order valence-electron chi connectivity index (χ2n) is 6.79. The van der Waals surface area contributed by atoms with Crippen molar-refractivity contribution < 1.29 is 24.3 Å². The van der Waals surface area contributed by atoms with Gasteiger partial charge in [-0.05, 0) is 19.8 Å². The summed E-state index contributed by atoms with van der Waals surface area (Å²) in [5, 5.41) is 15.8. The van der Waals surface area contributed by atoms with Gasteiger partial charge < -0.3 is 25.6 Å². The standard InChI is InChI=1S/C15H34N.C2H4O2.CH2O2.H3N/c1-5-6-7-8-9-10-11-12-13-14-15-16(2,3)4;1-2(3)4;2-1-3;/h5-15H2,1-4H3;1H3,(H,3,4);1H,(H,2,3);1H3/q+1;;;/p-1.